The van der Waals surface area contributed by atoms with Crippen molar-refractivity contribution < 1.29 is 9.59 Å². The highest BCUT2D eigenvalue weighted by atomic mass is 35.5. The maximum absolute atomic E-state index is 12.5. The fourth-order valence-electron chi connectivity index (χ4n) is 2.39. The second-order valence-electron chi connectivity index (χ2n) is 6.02. The van der Waals surface area contributed by atoms with E-state index in [2.05, 4.69) is 15.6 Å². The Morgan fingerprint density at radius 1 is 0.929 bits per heavy atom. The van der Waals surface area contributed by atoms with Gasteiger partial charge < -0.3 is 10.6 Å². The Kier molecular flexibility index (Phi) is 5.68. The van der Waals surface area contributed by atoms with Crippen molar-refractivity contribution in [2.75, 3.05) is 10.6 Å². The van der Waals surface area contributed by atoms with E-state index in [9.17, 15) is 9.59 Å². The van der Waals surface area contributed by atoms with Crippen molar-refractivity contribution in [2.45, 2.75) is 6.92 Å². The highest BCUT2D eigenvalue weighted by Crippen LogP contribution is 2.20. The molecule has 2 N–H and O–H groups in total. The Hall–Kier alpha value is -3.69. The van der Waals surface area contributed by atoms with Crippen molar-refractivity contribution in [3.05, 3.63) is 88.2 Å². The molecule has 2 aromatic carbocycles. The van der Waals surface area contributed by atoms with Crippen LogP contribution in [0.2, 0.25) is 5.02 Å². The van der Waals surface area contributed by atoms with E-state index in [1.165, 1.54) is 18.5 Å². The van der Waals surface area contributed by atoms with Gasteiger partial charge in [0, 0.05) is 28.8 Å². The topological polar surface area (TPSA) is 94.9 Å². The van der Waals surface area contributed by atoms with Gasteiger partial charge in [0.2, 0.25) is 0 Å². The Bertz CT molecular complexity index is 1090. The third-order valence-electron chi connectivity index (χ3n) is 3.96. The summed E-state index contributed by atoms with van der Waals surface area (Å²) in [6, 6.07) is 15.1. The molecule has 0 aliphatic heterocycles. The molecule has 0 bridgehead atoms. The van der Waals surface area contributed by atoms with E-state index in [0.29, 0.717) is 22.0 Å². The lowest BCUT2D eigenvalue weighted by molar-refractivity contribution is 0.102. The molecule has 1 aromatic heterocycles. The van der Waals surface area contributed by atoms with Crippen LogP contribution in [0.1, 0.15) is 31.8 Å². The average molecular weight is 391 g/mol. The predicted octanol–water partition coefficient (Wildman–Crippen LogP) is 4.42. The van der Waals surface area contributed by atoms with Crippen molar-refractivity contribution in [3.8, 4) is 6.07 Å². The van der Waals surface area contributed by atoms with Gasteiger partial charge in [-0.1, -0.05) is 17.7 Å². The highest BCUT2D eigenvalue weighted by molar-refractivity contribution is 6.31. The lowest BCUT2D eigenvalue weighted by Crippen LogP contribution is -2.16. The van der Waals surface area contributed by atoms with Crippen LogP contribution in [0.5, 0.6) is 0 Å². The maximum atomic E-state index is 12.5. The van der Waals surface area contributed by atoms with Crippen LogP contribution >= 0.6 is 11.6 Å². The molecule has 1 heterocycles. The van der Waals surface area contributed by atoms with Crippen molar-refractivity contribution in [1.29, 1.82) is 5.26 Å². The van der Waals surface area contributed by atoms with Crippen LogP contribution in [0.3, 0.4) is 0 Å². The van der Waals surface area contributed by atoms with Gasteiger partial charge in [0.05, 0.1) is 22.8 Å². The fraction of sp³-hybridized carbons (Fsp3) is 0.0476. The smallest absolute Gasteiger partial charge is 0.257 e. The Morgan fingerprint density at radius 3 is 2.07 bits per heavy atom. The quantitative estimate of drug-likeness (QED) is 0.689. The SMILES string of the molecule is Cc1ccc(NC(=O)c2cncc(C(=O)Nc3ccc(C#N)cc3)c2)cc1Cl. The second kappa shape index (κ2) is 8.33. The van der Waals surface area contributed by atoms with Gasteiger partial charge in [-0.05, 0) is 55.0 Å². The number of nitriles is 1. The van der Waals surface area contributed by atoms with Crippen molar-refractivity contribution in [2.24, 2.45) is 0 Å². The predicted molar refractivity (Wildman–Crippen MR) is 107 cm³/mol. The molecule has 2 amide bonds. The Labute approximate surface area is 166 Å². The molecule has 3 aromatic rings. The number of halogens is 1. The number of pyridine rings is 1. The number of hydrogen-bond donors (Lipinski definition) is 2. The standard InChI is InChI=1S/C21H15ClN4O2/c1-13-2-5-18(9-19(13)22)26-21(28)16-8-15(11-24-12-16)20(27)25-17-6-3-14(10-23)4-7-17/h2-9,11-12H,1H3,(H,25,27)(H,26,28). The van der Waals surface area contributed by atoms with Crippen LogP contribution in [0.25, 0.3) is 0 Å². The van der Waals surface area contributed by atoms with Gasteiger partial charge >= 0.3 is 0 Å². The normalized spacial score (nSPS) is 10.0. The Morgan fingerprint density at radius 2 is 1.50 bits per heavy atom. The third-order valence-corrected chi connectivity index (χ3v) is 4.37. The minimum absolute atomic E-state index is 0.235. The van der Waals surface area contributed by atoms with Gasteiger partial charge in [-0.15, -0.1) is 0 Å². The molecule has 0 atom stereocenters. The molecule has 3 rings (SSSR count). The largest absolute Gasteiger partial charge is 0.322 e. The molecule has 0 spiro atoms. The van der Waals surface area contributed by atoms with E-state index in [4.69, 9.17) is 16.9 Å². The number of benzene rings is 2. The van der Waals surface area contributed by atoms with Crippen LogP contribution < -0.4 is 10.6 Å². The molecule has 28 heavy (non-hydrogen) atoms. The first kappa shape index (κ1) is 19.1. The van der Waals surface area contributed by atoms with Crippen LogP contribution in [0.15, 0.2) is 60.9 Å². The monoisotopic (exact) mass is 390 g/mol. The minimum Gasteiger partial charge on any atom is -0.322 e. The van der Waals surface area contributed by atoms with Crippen LogP contribution in [-0.4, -0.2) is 16.8 Å². The zero-order chi connectivity index (χ0) is 20.1. The summed E-state index contributed by atoms with van der Waals surface area (Å²) in [5.41, 5.74) is 2.96. The van der Waals surface area contributed by atoms with Crippen LogP contribution in [0, 0.1) is 18.3 Å². The summed E-state index contributed by atoms with van der Waals surface area (Å²) < 4.78 is 0. The van der Waals surface area contributed by atoms with Crippen LogP contribution in [-0.2, 0) is 0 Å². The molecule has 0 radical (unpaired) electrons. The number of rotatable bonds is 4. The van der Waals surface area contributed by atoms with Gasteiger partial charge in [0.1, 0.15) is 0 Å². The molecule has 0 aliphatic carbocycles. The summed E-state index contributed by atoms with van der Waals surface area (Å²) in [4.78, 5) is 28.9. The molecule has 0 saturated carbocycles. The lowest BCUT2D eigenvalue weighted by Gasteiger charge is -2.08. The molecule has 7 heteroatoms. The molecule has 0 aliphatic rings. The van der Waals surface area contributed by atoms with Crippen molar-refractivity contribution in [3.63, 3.8) is 0 Å². The van der Waals surface area contributed by atoms with Gasteiger partial charge in [-0.3, -0.25) is 14.6 Å². The maximum Gasteiger partial charge on any atom is 0.257 e. The van der Waals surface area contributed by atoms with E-state index in [1.807, 2.05) is 13.0 Å². The molecule has 138 valence electrons. The zero-order valence-corrected chi connectivity index (χ0v) is 15.6. The number of nitrogens with zero attached hydrogens (tertiary/aromatic N) is 2. The average Bonchev–Trinajstić information content (AvgIpc) is 2.71. The number of aromatic nitrogens is 1. The van der Waals surface area contributed by atoms with Gasteiger partial charge in [0.15, 0.2) is 0 Å². The van der Waals surface area contributed by atoms with E-state index in [0.717, 1.165) is 5.56 Å². The number of carbonyl (C=O) groups is 2. The molecular formula is C21H15ClN4O2. The second-order valence-corrected chi connectivity index (χ2v) is 6.43. The number of aryl methyl sites for hydroxylation is 1. The number of amides is 2. The van der Waals surface area contributed by atoms with Gasteiger partial charge in [-0.2, -0.15) is 5.26 Å². The molecule has 0 unspecified atom stereocenters. The van der Waals surface area contributed by atoms with E-state index in [1.54, 1.807) is 42.5 Å². The van der Waals surface area contributed by atoms with Gasteiger partial charge in [0.25, 0.3) is 11.8 Å². The summed E-state index contributed by atoms with van der Waals surface area (Å²) >= 11 is 6.07. The third kappa shape index (κ3) is 4.53. The zero-order valence-electron chi connectivity index (χ0n) is 14.9. The summed E-state index contributed by atoms with van der Waals surface area (Å²) in [5, 5.41) is 14.8. The van der Waals surface area contributed by atoms with Crippen LogP contribution in [0.4, 0.5) is 11.4 Å². The summed E-state index contributed by atoms with van der Waals surface area (Å²) in [6.45, 7) is 1.87. The summed E-state index contributed by atoms with van der Waals surface area (Å²) in [7, 11) is 0. The highest BCUT2D eigenvalue weighted by Gasteiger charge is 2.12. The van der Waals surface area contributed by atoms with E-state index < -0.39 is 11.8 Å². The summed E-state index contributed by atoms with van der Waals surface area (Å²) in [5.74, 6) is -0.814. The molecular weight excluding hydrogens is 376 g/mol. The first-order chi connectivity index (χ1) is 13.5. The number of hydrogen-bond acceptors (Lipinski definition) is 4. The Balaban J connectivity index is 1.73. The summed E-state index contributed by atoms with van der Waals surface area (Å²) in [6.07, 6.45) is 2.75. The first-order valence-electron chi connectivity index (χ1n) is 8.30. The number of anilines is 2. The molecule has 0 saturated heterocycles. The molecule has 6 nitrogen and oxygen atoms in total. The first-order valence-corrected chi connectivity index (χ1v) is 8.68. The van der Waals surface area contributed by atoms with Gasteiger partial charge in [-0.25, -0.2) is 0 Å². The fourth-order valence-corrected chi connectivity index (χ4v) is 2.57. The van der Waals surface area contributed by atoms with Crippen molar-refractivity contribution in [1.82, 2.24) is 4.98 Å². The number of carbonyl (C=O) groups excluding carboxylic acids is 2. The van der Waals surface area contributed by atoms with E-state index >= 15 is 0 Å². The minimum atomic E-state index is -0.412. The van der Waals surface area contributed by atoms with Crippen molar-refractivity contribution >= 4 is 34.8 Å². The number of nitrogens with one attached hydrogen (secondary N) is 2. The van der Waals surface area contributed by atoms with E-state index in [-0.39, 0.29) is 11.1 Å². The lowest BCUT2D eigenvalue weighted by atomic mass is 10.1. The molecule has 0 fully saturated rings.